The first-order valence-electron chi connectivity index (χ1n) is 14.3. The molecular formula is C34H30F3N5O. The highest BCUT2D eigenvalue weighted by Gasteiger charge is 2.43. The van der Waals surface area contributed by atoms with Gasteiger partial charge in [-0.25, -0.2) is 0 Å². The van der Waals surface area contributed by atoms with Gasteiger partial charge in [0.1, 0.15) is 0 Å². The van der Waals surface area contributed by atoms with Crippen LogP contribution in [-0.2, 0) is 16.8 Å². The lowest BCUT2D eigenvalue weighted by Gasteiger charge is -2.34. The van der Waals surface area contributed by atoms with Crippen molar-refractivity contribution >= 4 is 5.91 Å². The zero-order valence-corrected chi connectivity index (χ0v) is 23.4. The number of carbonyl (C=O) groups excluding carboxylic acids is 1. The molecule has 1 amide bonds. The van der Waals surface area contributed by atoms with E-state index in [9.17, 15) is 18.0 Å². The van der Waals surface area contributed by atoms with Crippen molar-refractivity contribution in [2.45, 2.75) is 31.0 Å². The van der Waals surface area contributed by atoms with Gasteiger partial charge in [0.05, 0.1) is 0 Å². The lowest BCUT2D eigenvalue weighted by Crippen LogP contribution is -2.45. The maximum atomic E-state index is 12.8. The van der Waals surface area contributed by atoms with Crippen LogP contribution in [0.15, 0.2) is 115 Å². The zero-order valence-electron chi connectivity index (χ0n) is 23.4. The number of rotatable bonds is 7. The summed E-state index contributed by atoms with van der Waals surface area (Å²) in [4.78, 5) is 14.1. The van der Waals surface area contributed by atoms with Gasteiger partial charge in [-0.2, -0.15) is 13.2 Å². The Balaban J connectivity index is 1.27. The second kappa shape index (κ2) is 11.8. The van der Waals surface area contributed by atoms with Gasteiger partial charge in [-0.3, -0.25) is 4.79 Å². The SMILES string of the molecule is O=C(N1CCC(Cc2ccc(-c3nnn(C(c4ccccc4)(c4ccccc4)c4ccccc4)n3)cc2)CC1)C(F)(F)F. The van der Waals surface area contributed by atoms with Crippen molar-refractivity contribution in [3.8, 4) is 11.4 Å². The summed E-state index contributed by atoms with van der Waals surface area (Å²) in [5, 5.41) is 14.0. The molecule has 1 aromatic heterocycles. The molecule has 1 aliphatic heterocycles. The molecule has 0 N–H and O–H groups in total. The molecule has 218 valence electrons. The molecule has 0 bridgehead atoms. The van der Waals surface area contributed by atoms with Crippen molar-refractivity contribution in [1.29, 1.82) is 0 Å². The summed E-state index contributed by atoms with van der Waals surface area (Å²) in [6, 6.07) is 38.3. The molecule has 9 heteroatoms. The third kappa shape index (κ3) is 5.67. The van der Waals surface area contributed by atoms with Crippen LogP contribution in [-0.4, -0.2) is 50.3 Å². The zero-order chi connectivity index (χ0) is 29.9. The summed E-state index contributed by atoms with van der Waals surface area (Å²) in [6.45, 7) is 0.250. The van der Waals surface area contributed by atoms with E-state index in [1.165, 1.54) is 0 Å². The number of alkyl halides is 3. The molecule has 0 spiro atoms. The van der Waals surface area contributed by atoms with Gasteiger partial charge in [0, 0.05) is 18.7 Å². The number of hydrogen-bond acceptors (Lipinski definition) is 4. The Labute approximate surface area is 247 Å². The van der Waals surface area contributed by atoms with E-state index in [0.29, 0.717) is 18.7 Å². The molecule has 0 radical (unpaired) electrons. The van der Waals surface area contributed by atoms with Gasteiger partial charge in [0.2, 0.25) is 5.82 Å². The minimum absolute atomic E-state index is 0.125. The second-order valence-corrected chi connectivity index (χ2v) is 10.8. The first-order chi connectivity index (χ1) is 20.9. The first-order valence-corrected chi connectivity index (χ1v) is 14.3. The van der Waals surface area contributed by atoms with Crippen LogP contribution in [0.1, 0.15) is 35.1 Å². The molecular weight excluding hydrogens is 551 g/mol. The van der Waals surface area contributed by atoms with Crippen LogP contribution in [0.3, 0.4) is 0 Å². The average molecular weight is 582 g/mol. The molecule has 0 saturated carbocycles. The Morgan fingerprint density at radius 3 is 1.67 bits per heavy atom. The Hall–Kier alpha value is -4.79. The maximum Gasteiger partial charge on any atom is 0.471 e. The number of aromatic nitrogens is 4. The highest BCUT2D eigenvalue weighted by Crippen LogP contribution is 2.40. The third-order valence-electron chi connectivity index (χ3n) is 8.17. The lowest BCUT2D eigenvalue weighted by molar-refractivity contribution is -0.186. The lowest BCUT2D eigenvalue weighted by atomic mass is 9.77. The van der Waals surface area contributed by atoms with Crippen molar-refractivity contribution in [2.75, 3.05) is 13.1 Å². The van der Waals surface area contributed by atoms with Gasteiger partial charge in [0.25, 0.3) is 0 Å². The highest BCUT2D eigenvalue weighted by molar-refractivity contribution is 5.81. The van der Waals surface area contributed by atoms with Gasteiger partial charge < -0.3 is 4.90 Å². The minimum atomic E-state index is -4.82. The van der Waals surface area contributed by atoms with E-state index in [1.807, 2.05) is 78.9 Å². The summed E-state index contributed by atoms with van der Waals surface area (Å²) in [5.74, 6) is -1.05. The van der Waals surface area contributed by atoms with Gasteiger partial charge in [-0.05, 0) is 52.6 Å². The Kier molecular flexibility index (Phi) is 7.80. The quantitative estimate of drug-likeness (QED) is 0.205. The normalized spacial score (nSPS) is 14.5. The van der Waals surface area contributed by atoms with E-state index < -0.39 is 17.6 Å². The van der Waals surface area contributed by atoms with Crippen molar-refractivity contribution in [1.82, 2.24) is 25.1 Å². The molecule has 4 aromatic carbocycles. The number of hydrogen-bond donors (Lipinski definition) is 0. The van der Waals surface area contributed by atoms with Gasteiger partial charge >= 0.3 is 12.1 Å². The molecule has 0 atom stereocenters. The van der Waals surface area contributed by atoms with Crippen LogP contribution in [0.25, 0.3) is 11.4 Å². The highest BCUT2D eigenvalue weighted by atomic mass is 19.4. The Morgan fingerprint density at radius 2 is 1.21 bits per heavy atom. The number of nitrogens with zero attached hydrogens (tertiary/aromatic N) is 5. The number of benzene rings is 4. The summed E-state index contributed by atoms with van der Waals surface area (Å²) in [5.41, 5.74) is 4.00. The summed E-state index contributed by atoms with van der Waals surface area (Å²) < 4.78 is 38.3. The van der Waals surface area contributed by atoms with Crippen molar-refractivity contribution < 1.29 is 18.0 Å². The molecule has 6 rings (SSSR count). The summed E-state index contributed by atoms with van der Waals surface area (Å²) in [6.07, 6.45) is -3.00. The fourth-order valence-electron chi connectivity index (χ4n) is 6.00. The van der Waals surface area contributed by atoms with E-state index in [-0.39, 0.29) is 19.0 Å². The van der Waals surface area contributed by atoms with Crippen molar-refractivity contribution in [3.63, 3.8) is 0 Å². The fraction of sp³-hybridized carbons (Fsp3) is 0.235. The van der Waals surface area contributed by atoms with Gasteiger partial charge in [-0.15, -0.1) is 15.0 Å². The van der Waals surface area contributed by atoms with Crippen LogP contribution < -0.4 is 0 Å². The monoisotopic (exact) mass is 581 g/mol. The minimum Gasteiger partial charge on any atom is -0.335 e. The Morgan fingerprint density at radius 1 is 0.721 bits per heavy atom. The van der Waals surface area contributed by atoms with E-state index in [2.05, 4.69) is 46.7 Å². The molecule has 5 aromatic rings. The van der Waals surface area contributed by atoms with E-state index in [0.717, 1.165) is 39.1 Å². The van der Waals surface area contributed by atoms with E-state index >= 15 is 0 Å². The topological polar surface area (TPSA) is 63.9 Å². The third-order valence-corrected chi connectivity index (χ3v) is 8.17. The average Bonchev–Trinajstić information content (AvgIpc) is 3.54. The number of tetrazole rings is 1. The predicted molar refractivity (Wildman–Crippen MR) is 157 cm³/mol. The van der Waals surface area contributed by atoms with Crippen molar-refractivity contribution in [3.05, 3.63) is 138 Å². The number of carbonyl (C=O) groups is 1. The van der Waals surface area contributed by atoms with Crippen molar-refractivity contribution in [2.24, 2.45) is 5.92 Å². The number of piperidine rings is 1. The smallest absolute Gasteiger partial charge is 0.335 e. The molecule has 0 aliphatic carbocycles. The molecule has 1 aliphatic rings. The van der Waals surface area contributed by atoms with Gasteiger partial charge in [0.15, 0.2) is 5.54 Å². The number of amides is 1. The maximum absolute atomic E-state index is 12.8. The molecule has 1 fully saturated rings. The molecule has 6 nitrogen and oxygen atoms in total. The largest absolute Gasteiger partial charge is 0.471 e. The summed E-state index contributed by atoms with van der Waals surface area (Å²) >= 11 is 0. The fourth-order valence-corrected chi connectivity index (χ4v) is 6.00. The van der Waals surface area contributed by atoms with Gasteiger partial charge in [-0.1, -0.05) is 115 Å². The molecule has 2 heterocycles. The van der Waals surface area contributed by atoms with Crippen LogP contribution >= 0.6 is 0 Å². The summed E-state index contributed by atoms with van der Waals surface area (Å²) in [7, 11) is 0. The number of halogens is 3. The van der Waals surface area contributed by atoms with E-state index in [4.69, 9.17) is 5.10 Å². The predicted octanol–water partition coefficient (Wildman–Crippen LogP) is 6.52. The number of likely N-dealkylation sites (tertiary alicyclic amines) is 1. The van der Waals surface area contributed by atoms with E-state index in [1.54, 1.807) is 4.80 Å². The van der Waals surface area contributed by atoms with Crippen LogP contribution in [0.5, 0.6) is 0 Å². The second-order valence-electron chi connectivity index (χ2n) is 10.8. The van der Waals surface area contributed by atoms with Crippen LogP contribution in [0.4, 0.5) is 13.2 Å². The molecule has 43 heavy (non-hydrogen) atoms. The molecule has 1 saturated heterocycles. The standard InChI is InChI=1S/C34H30F3N5O/c35-34(36,37)32(43)41-22-20-26(21-23-41)24-25-16-18-27(19-17-25)31-38-40-42(39-31)33(28-10-4-1-5-11-28,29-12-6-2-7-13-29)30-14-8-3-9-15-30/h1-19,26H,20-24H2. The molecule has 0 unspecified atom stereocenters. The first kappa shape index (κ1) is 28.3. The Bertz CT molecular complexity index is 1550. The van der Waals surface area contributed by atoms with Crippen LogP contribution in [0.2, 0.25) is 0 Å². The van der Waals surface area contributed by atoms with Crippen LogP contribution in [0, 0.1) is 5.92 Å².